The molecule has 10 heteroatoms. The van der Waals surface area contributed by atoms with Crippen molar-refractivity contribution in [2.24, 2.45) is 0 Å². The van der Waals surface area contributed by atoms with Crippen LogP contribution >= 0.6 is 11.6 Å². The van der Waals surface area contributed by atoms with Gasteiger partial charge in [-0.15, -0.1) is 0 Å². The molecule has 178 valence electrons. The van der Waals surface area contributed by atoms with E-state index in [2.05, 4.69) is 15.4 Å². The largest absolute Gasteiger partial charge is 0.491 e. The van der Waals surface area contributed by atoms with Crippen LogP contribution in [0, 0.1) is 0 Å². The highest BCUT2D eigenvalue weighted by atomic mass is 35.5. The molecule has 9 nitrogen and oxygen atoms in total. The van der Waals surface area contributed by atoms with Crippen LogP contribution in [0.5, 0.6) is 11.6 Å². The SMILES string of the molecule is COc1cc(C(=O)N2CCC(NC(=O)c3ccccc3Cl)c3c2cnn3C(C)C)cnc1OC. The minimum absolute atomic E-state index is 0.0289. The van der Waals surface area contributed by atoms with Crippen LogP contribution < -0.4 is 19.7 Å². The molecule has 0 aliphatic carbocycles. The number of hydrogen-bond acceptors (Lipinski definition) is 6. The first-order chi connectivity index (χ1) is 16.3. The number of pyridine rings is 1. The van der Waals surface area contributed by atoms with Crippen LogP contribution in [0.4, 0.5) is 5.69 Å². The number of anilines is 1. The number of carbonyl (C=O) groups is 2. The van der Waals surface area contributed by atoms with Crippen LogP contribution in [-0.2, 0) is 0 Å². The average molecular weight is 484 g/mol. The van der Waals surface area contributed by atoms with Gasteiger partial charge >= 0.3 is 0 Å². The number of hydrogen-bond donors (Lipinski definition) is 1. The third-order valence-corrected chi connectivity index (χ3v) is 6.04. The Bertz CT molecular complexity index is 1230. The van der Waals surface area contributed by atoms with Gasteiger partial charge in [-0.1, -0.05) is 23.7 Å². The normalized spacial score (nSPS) is 15.1. The molecule has 1 unspecified atom stereocenters. The van der Waals surface area contributed by atoms with Gasteiger partial charge in [0.1, 0.15) is 0 Å². The van der Waals surface area contributed by atoms with Gasteiger partial charge in [-0.05, 0) is 32.4 Å². The molecule has 34 heavy (non-hydrogen) atoms. The zero-order chi connectivity index (χ0) is 24.4. The molecule has 0 spiro atoms. The number of rotatable bonds is 6. The highest BCUT2D eigenvalue weighted by Crippen LogP contribution is 2.37. The molecule has 3 aromatic rings. The molecule has 1 aromatic carbocycles. The quantitative estimate of drug-likeness (QED) is 0.568. The van der Waals surface area contributed by atoms with Gasteiger partial charge < -0.3 is 19.7 Å². The summed E-state index contributed by atoms with van der Waals surface area (Å²) >= 11 is 6.22. The van der Waals surface area contributed by atoms with Crippen molar-refractivity contribution in [2.75, 3.05) is 25.7 Å². The van der Waals surface area contributed by atoms with Gasteiger partial charge in [0.15, 0.2) is 5.75 Å². The number of halogens is 1. The second-order valence-electron chi connectivity index (χ2n) is 8.14. The molecule has 1 atom stereocenters. The number of nitrogens with one attached hydrogen (secondary N) is 1. The van der Waals surface area contributed by atoms with Gasteiger partial charge in [0.25, 0.3) is 17.7 Å². The van der Waals surface area contributed by atoms with Crippen molar-refractivity contribution in [3.05, 3.63) is 64.6 Å². The standard InChI is InChI=1S/C24H26ClN5O4/c1-14(2)30-21-18(28-22(31)16-7-5-6-8-17(16)25)9-10-29(19(21)13-27-30)24(32)15-11-20(33-3)23(34-4)26-12-15/h5-8,11-14,18H,9-10H2,1-4H3,(H,28,31). The lowest BCUT2D eigenvalue weighted by molar-refractivity contribution is 0.0931. The van der Waals surface area contributed by atoms with E-state index >= 15 is 0 Å². The Labute approximate surface area is 202 Å². The van der Waals surface area contributed by atoms with Gasteiger partial charge in [-0.2, -0.15) is 5.10 Å². The van der Waals surface area contributed by atoms with Crippen LogP contribution in [0.3, 0.4) is 0 Å². The Morgan fingerprint density at radius 3 is 2.62 bits per heavy atom. The predicted octanol–water partition coefficient (Wildman–Crippen LogP) is 4.05. The summed E-state index contributed by atoms with van der Waals surface area (Å²) in [6.45, 7) is 4.38. The molecular weight excluding hydrogens is 458 g/mol. The van der Waals surface area contributed by atoms with Gasteiger partial charge in [0.2, 0.25) is 0 Å². The lowest BCUT2D eigenvalue weighted by atomic mass is 10.0. The molecule has 0 saturated carbocycles. The molecule has 3 heterocycles. The lowest BCUT2D eigenvalue weighted by Crippen LogP contribution is -2.41. The summed E-state index contributed by atoms with van der Waals surface area (Å²) in [5.74, 6) is 0.150. The van der Waals surface area contributed by atoms with E-state index in [4.69, 9.17) is 21.1 Å². The van der Waals surface area contributed by atoms with Crippen molar-refractivity contribution in [1.29, 1.82) is 0 Å². The van der Waals surface area contributed by atoms with E-state index in [1.54, 1.807) is 41.4 Å². The number of ether oxygens (including phenoxy) is 2. The van der Waals surface area contributed by atoms with Crippen molar-refractivity contribution in [1.82, 2.24) is 20.1 Å². The number of fused-ring (bicyclic) bond motifs is 1. The maximum absolute atomic E-state index is 13.5. The fourth-order valence-corrected chi connectivity index (χ4v) is 4.29. The molecule has 2 aromatic heterocycles. The monoisotopic (exact) mass is 483 g/mol. The summed E-state index contributed by atoms with van der Waals surface area (Å²) in [7, 11) is 2.98. The zero-order valence-corrected chi connectivity index (χ0v) is 20.2. The van der Waals surface area contributed by atoms with Crippen molar-refractivity contribution < 1.29 is 19.1 Å². The Morgan fingerprint density at radius 2 is 1.94 bits per heavy atom. The summed E-state index contributed by atoms with van der Waals surface area (Å²) in [5, 5.41) is 7.97. The number of methoxy groups -OCH3 is 2. The number of amides is 2. The Balaban J connectivity index is 1.67. The Morgan fingerprint density at radius 1 is 1.18 bits per heavy atom. The molecule has 1 N–H and O–H groups in total. The zero-order valence-electron chi connectivity index (χ0n) is 19.4. The molecular formula is C24H26ClN5O4. The third kappa shape index (κ3) is 4.31. The molecule has 1 aliphatic heterocycles. The van der Waals surface area contributed by atoms with Crippen molar-refractivity contribution in [3.8, 4) is 11.6 Å². The smallest absolute Gasteiger partial charge is 0.260 e. The second kappa shape index (κ2) is 9.72. The third-order valence-electron chi connectivity index (χ3n) is 5.71. The maximum Gasteiger partial charge on any atom is 0.260 e. The molecule has 1 aliphatic rings. The number of carbonyl (C=O) groups excluding carboxylic acids is 2. The van der Waals surface area contributed by atoms with E-state index in [0.29, 0.717) is 46.4 Å². The Hall–Kier alpha value is -3.59. The van der Waals surface area contributed by atoms with Crippen molar-refractivity contribution in [2.45, 2.75) is 32.4 Å². The number of aromatic nitrogens is 3. The number of nitrogens with zero attached hydrogens (tertiary/aromatic N) is 4. The molecule has 0 saturated heterocycles. The first kappa shape index (κ1) is 23.6. The van der Waals surface area contributed by atoms with Gasteiger partial charge in [0, 0.05) is 24.8 Å². The lowest BCUT2D eigenvalue weighted by Gasteiger charge is -2.33. The first-order valence-corrected chi connectivity index (χ1v) is 11.3. The van der Waals surface area contributed by atoms with Gasteiger partial charge in [-0.3, -0.25) is 14.3 Å². The minimum Gasteiger partial charge on any atom is -0.491 e. The topological polar surface area (TPSA) is 98.6 Å². The second-order valence-corrected chi connectivity index (χ2v) is 8.55. The highest BCUT2D eigenvalue weighted by molar-refractivity contribution is 6.33. The van der Waals surface area contributed by atoms with Gasteiger partial charge in [0.05, 0.1) is 54.0 Å². The van der Waals surface area contributed by atoms with E-state index in [-0.39, 0.29) is 23.9 Å². The fourth-order valence-electron chi connectivity index (χ4n) is 4.07. The van der Waals surface area contributed by atoms with Crippen LogP contribution in [0.1, 0.15) is 58.8 Å². The van der Waals surface area contributed by atoms with E-state index in [1.807, 2.05) is 18.5 Å². The summed E-state index contributed by atoms with van der Waals surface area (Å²) < 4.78 is 12.3. The highest BCUT2D eigenvalue weighted by Gasteiger charge is 2.35. The summed E-state index contributed by atoms with van der Waals surface area (Å²) in [6.07, 6.45) is 3.63. The molecule has 0 bridgehead atoms. The van der Waals surface area contributed by atoms with Gasteiger partial charge in [-0.25, -0.2) is 4.98 Å². The van der Waals surface area contributed by atoms with Crippen LogP contribution in [0.15, 0.2) is 42.7 Å². The van der Waals surface area contributed by atoms with Crippen LogP contribution in [-0.4, -0.2) is 47.3 Å². The molecule has 2 amide bonds. The number of benzene rings is 1. The maximum atomic E-state index is 13.5. The first-order valence-electron chi connectivity index (χ1n) is 10.9. The average Bonchev–Trinajstić information content (AvgIpc) is 3.29. The van der Waals surface area contributed by atoms with Crippen LogP contribution in [0.25, 0.3) is 0 Å². The van der Waals surface area contributed by atoms with E-state index in [1.165, 1.54) is 20.4 Å². The van der Waals surface area contributed by atoms with Crippen molar-refractivity contribution in [3.63, 3.8) is 0 Å². The van der Waals surface area contributed by atoms with E-state index in [9.17, 15) is 9.59 Å². The molecule has 0 fully saturated rings. The van der Waals surface area contributed by atoms with E-state index in [0.717, 1.165) is 5.69 Å². The summed E-state index contributed by atoms with van der Waals surface area (Å²) in [4.78, 5) is 32.3. The Kier molecular flexibility index (Phi) is 6.74. The van der Waals surface area contributed by atoms with Crippen molar-refractivity contribution >= 4 is 29.1 Å². The summed E-state index contributed by atoms with van der Waals surface area (Å²) in [5.41, 5.74) is 2.17. The molecule has 0 radical (unpaired) electrons. The predicted molar refractivity (Wildman–Crippen MR) is 128 cm³/mol. The van der Waals surface area contributed by atoms with E-state index < -0.39 is 0 Å². The van der Waals surface area contributed by atoms with Crippen LogP contribution in [0.2, 0.25) is 5.02 Å². The summed E-state index contributed by atoms with van der Waals surface area (Å²) in [6, 6.07) is 8.20. The fraction of sp³-hybridized carbons (Fsp3) is 0.333. The molecule has 4 rings (SSSR count). The minimum atomic E-state index is -0.337.